The first-order chi connectivity index (χ1) is 14.5. The van der Waals surface area contributed by atoms with Crippen LogP contribution in [0.5, 0.6) is 5.75 Å². The lowest BCUT2D eigenvalue weighted by molar-refractivity contribution is 0.0903. The molecule has 1 aliphatic rings. The monoisotopic (exact) mass is 425 g/mol. The second-order valence-electron chi connectivity index (χ2n) is 7.32. The number of fused-ring (bicyclic) bond motifs is 1. The summed E-state index contributed by atoms with van der Waals surface area (Å²) in [4.78, 5) is 12.8. The van der Waals surface area contributed by atoms with Gasteiger partial charge in [0.25, 0.3) is 5.91 Å². The highest BCUT2D eigenvalue weighted by Gasteiger charge is 2.24. The minimum atomic E-state index is -3.60. The highest BCUT2D eigenvalue weighted by molar-refractivity contribution is 7.90. The van der Waals surface area contributed by atoms with Gasteiger partial charge in [-0.25, -0.2) is 8.42 Å². The summed E-state index contributed by atoms with van der Waals surface area (Å²) < 4.78 is 35.9. The molecule has 1 atom stereocenters. The first-order valence-electron chi connectivity index (χ1n) is 9.80. The average Bonchev–Trinajstić information content (AvgIpc) is 3.22. The van der Waals surface area contributed by atoms with Crippen molar-refractivity contribution in [3.05, 3.63) is 83.3 Å². The Balaban J connectivity index is 1.45. The van der Waals surface area contributed by atoms with Gasteiger partial charge in [-0.3, -0.25) is 4.79 Å². The zero-order valence-electron chi connectivity index (χ0n) is 16.6. The van der Waals surface area contributed by atoms with Crippen LogP contribution in [-0.2, 0) is 22.0 Å². The fourth-order valence-corrected chi connectivity index (χ4v) is 5.01. The largest absolute Gasteiger partial charge is 0.497 e. The molecule has 1 N–H and O–H groups in total. The fraction of sp³-hybridized carbons (Fsp3) is 0.261. The lowest BCUT2D eigenvalue weighted by Gasteiger charge is -2.25. The second kappa shape index (κ2) is 8.36. The van der Waals surface area contributed by atoms with Gasteiger partial charge in [0.05, 0.1) is 18.0 Å². The van der Waals surface area contributed by atoms with Crippen LogP contribution in [0, 0.1) is 0 Å². The quantitative estimate of drug-likeness (QED) is 0.643. The summed E-state index contributed by atoms with van der Waals surface area (Å²) in [6.45, 7) is 0. The molecular formula is C23H23NO5S. The smallest absolute Gasteiger partial charge is 0.287 e. The normalized spacial score (nSPS) is 16.0. The Labute approximate surface area is 175 Å². The Hall–Kier alpha value is -3.06. The van der Waals surface area contributed by atoms with E-state index in [1.165, 1.54) is 36.9 Å². The second-order valence-corrected chi connectivity index (χ2v) is 9.31. The third-order valence-corrected chi connectivity index (χ3v) is 6.97. The van der Waals surface area contributed by atoms with Gasteiger partial charge in [0.1, 0.15) is 17.3 Å². The minimum Gasteiger partial charge on any atom is -0.497 e. The lowest BCUT2D eigenvalue weighted by atomic mass is 9.88. The summed E-state index contributed by atoms with van der Waals surface area (Å²) in [6.07, 6.45) is 2.88. The maximum absolute atomic E-state index is 12.7. The third kappa shape index (κ3) is 4.26. The number of carbonyl (C=O) groups excluding carboxylic acids is 1. The first kappa shape index (κ1) is 20.2. The Kier molecular flexibility index (Phi) is 5.63. The number of benzene rings is 2. The molecule has 0 radical (unpaired) electrons. The molecule has 0 bridgehead atoms. The van der Waals surface area contributed by atoms with E-state index in [2.05, 4.69) is 11.4 Å². The SMILES string of the molecule is COc1ccc(S(=O)(=O)Cc2ccc(C(=O)N[C@H]3CCCc4ccccc43)o2)cc1. The van der Waals surface area contributed by atoms with Gasteiger partial charge < -0.3 is 14.5 Å². The van der Waals surface area contributed by atoms with Crippen molar-refractivity contribution in [2.45, 2.75) is 36.0 Å². The Morgan fingerprint density at radius 1 is 1.10 bits per heavy atom. The Morgan fingerprint density at radius 3 is 2.63 bits per heavy atom. The van der Waals surface area contributed by atoms with Crippen molar-refractivity contribution >= 4 is 15.7 Å². The van der Waals surface area contributed by atoms with Crippen molar-refractivity contribution in [1.82, 2.24) is 5.32 Å². The maximum Gasteiger partial charge on any atom is 0.287 e. The van der Waals surface area contributed by atoms with Gasteiger partial charge in [-0.15, -0.1) is 0 Å². The molecule has 30 heavy (non-hydrogen) atoms. The third-order valence-electron chi connectivity index (χ3n) is 5.31. The summed E-state index contributed by atoms with van der Waals surface area (Å²) >= 11 is 0. The molecule has 4 rings (SSSR count). The van der Waals surface area contributed by atoms with Gasteiger partial charge in [0, 0.05) is 0 Å². The first-order valence-corrected chi connectivity index (χ1v) is 11.5. The predicted octanol–water partition coefficient (Wildman–Crippen LogP) is 4.07. The van der Waals surface area contributed by atoms with Crippen LogP contribution in [0.4, 0.5) is 0 Å². The zero-order valence-corrected chi connectivity index (χ0v) is 17.4. The van der Waals surface area contributed by atoms with Crippen LogP contribution >= 0.6 is 0 Å². The highest BCUT2D eigenvalue weighted by atomic mass is 32.2. The number of aryl methyl sites for hydroxylation is 1. The van der Waals surface area contributed by atoms with Crippen molar-refractivity contribution < 1.29 is 22.4 Å². The summed E-state index contributed by atoms with van der Waals surface area (Å²) in [5.41, 5.74) is 2.38. The molecule has 0 saturated carbocycles. The number of nitrogens with one attached hydrogen (secondary N) is 1. The van der Waals surface area contributed by atoms with Crippen molar-refractivity contribution in [2.75, 3.05) is 7.11 Å². The molecule has 0 unspecified atom stereocenters. The summed E-state index contributed by atoms with van der Waals surface area (Å²) in [5, 5.41) is 3.02. The zero-order chi connectivity index (χ0) is 21.1. The molecule has 1 aromatic heterocycles. The van der Waals surface area contributed by atoms with Crippen LogP contribution in [0.15, 0.2) is 70.0 Å². The van der Waals surface area contributed by atoms with Crippen LogP contribution in [0.1, 0.15) is 46.3 Å². The standard InChI is InChI=1S/C23H23NO5S/c1-28-17-9-12-19(13-10-17)30(26,27)15-18-11-14-22(29-18)23(25)24-21-8-4-6-16-5-2-3-7-20(16)21/h2-3,5,7,9-14,21H,4,6,8,15H2,1H3,(H,24,25)/t21-/m0/s1. The maximum atomic E-state index is 12.7. The molecule has 2 aromatic carbocycles. The molecule has 0 spiro atoms. The van der Waals surface area contributed by atoms with E-state index in [9.17, 15) is 13.2 Å². The van der Waals surface area contributed by atoms with Crippen LogP contribution in [0.25, 0.3) is 0 Å². The molecule has 1 amide bonds. The fourth-order valence-electron chi connectivity index (χ4n) is 3.76. The number of sulfone groups is 1. The average molecular weight is 426 g/mol. The number of amides is 1. The lowest BCUT2D eigenvalue weighted by Crippen LogP contribution is -2.30. The Morgan fingerprint density at radius 2 is 1.87 bits per heavy atom. The number of carbonyl (C=O) groups is 1. The van der Waals surface area contributed by atoms with Gasteiger partial charge >= 0.3 is 0 Å². The highest BCUT2D eigenvalue weighted by Crippen LogP contribution is 2.30. The van der Waals surface area contributed by atoms with Gasteiger partial charge in [0.2, 0.25) is 0 Å². The minimum absolute atomic E-state index is 0.0703. The van der Waals surface area contributed by atoms with Crippen LogP contribution in [0.2, 0.25) is 0 Å². The molecular weight excluding hydrogens is 402 g/mol. The summed E-state index contributed by atoms with van der Waals surface area (Å²) in [7, 11) is -2.08. The van der Waals surface area contributed by atoms with E-state index in [-0.39, 0.29) is 34.1 Å². The molecule has 0 aliphatic heterocycles. The van der Waals surface area contributed by atoms with Crippen LogP contribution in [-0.4, -0.2) is 21.4 Å². The van der Waals surface area contributed by atoms with Gasteiger partial charge in [-0.2, -0.15) is 0 Å². The van der Waals surface area contributed by atoms with E-state index in [4.69, 9.17) is 9.15 Å². The van der Waals surface area contributed by atoms with Crippen molar-refractivity contribution in [3.8, 4) is 5.75 Å². The molecule has 1 aliphatic carbocycles. The molecule has 6 nitrogen and oxygen atoms in total. The van der Waals surface area contributed by atoms with Gasteiger partial charge in [-0.1, -0.05) is 24.3 Å². The molecule has 1 heterocycles. The number of ether oxygens (including phenoxy) is 1. The van der Waals surface area contributed by atoms with Crippen molar-refractivity contribution in [1.29, 1.82) is 0 Å². The summed E-state index contributed by atoms with van der Waals surface area (Å²) in [6, 6.07) is 17.2. The van der Waals surface area contributed by atoms with E-state index in [1.54, 1.807) is 12.1 Å². The molecule has 3 aromatic rings. The molecule has 0 fully saturated rings. The van der Waals surface area contributed by atoms with E-state index in [1.807, 2.05) is 18.2 Å². The number of furan rings is 1. The Bertz CT molecular complexity index is 1150. The molecule has 0 saturated heterocycles. The number of hydrogen-bond acceptors (Lipinski definition) is 5. The summed E-state index contributed by atoms with van der Waals surface area (Å²) in [5.74, 6) is 0.247. The van der Waals surface area contributed by atoms with Crippen LogP contribution < -0.4 is 10.1 Å². The van der Waals surface area contributed by atoms with E-state index >= 15 is 0 Å². The topological polar surface area (TPSA) is 85.6 Å². The number of hydrogen-bond donors (Lipinski definition) is 1. The van der Waals surface area contributed by atoms with Crippen LogP contribution in [0.3, 0.4) is 0 Å². The van der Waals surface area contributed by atoms with Gasteiger partial charge in [-0.05, 0) is 66.8 Å². The number of methoxy groups -OCH3 is 1. The van der Waals surface area contributed by atoms with Crippen molar-refractivity contribution in [3.63, 3.8) is 0 Å². The predicted molar refractivity (Wildman–Crippen MR) is 112 cm³/mol. The van der Waals surface area contributed by atoms with Crippen molar-refractivity contribution in [2.24, 2.45) is 0 Å². The van der Waals surface area contributed by atoms with Gasteiger partial charge in [0.15, 0.2) is 15.6 Å². The van der Waals surface area contributed by atoms with E-state index in [0.29, 0.717) is 5.75 Å². The number of rotatable bonds is 6. The van der Waals surface area contributed by atoms with E-state index in [0.717, 1.165) is 24.8 Å². The molecule has 7 heteroatoms. The van der Waals surface area contributed by atoms with E-state index < -0.39 is 9.84 Å². The molecule has 156 valence electrons.